The SMILES string of the molecule is CC(C)CNCCOc1ccc2c(c1)CN(C1CCC(=O)NC1=O)C2=O. The lowest BCUT2D eigenvalue weighted by atomic mass is 10.0. The van der Waals surface area contributed by atoms with E-state index in [1.807, 2.05) is 6.07 Å². The molecule has 0 radical (unpaired) electrons. The summed E-state index contributed by atoms with van der Waals surface area (Å²) in [6.07, 6.45) is 0.629. The molecular formula is C19H25N3O4. The Kier molecular flexibility index (Phi) is 5.56. The molecule has 7 heteroatoms. The molecule has 1 atom stereocenters. The van der Waals surface area contributed by atoms with Gasteiger partial charge < -0.3 is 15.0 Å². The zero-order valence-electron chi connectivity index (χ0n) is 15.2. The van der Waals surface area contributed by atoms with Gasteiger partial charge in [-0.3, -0.25) is 19.7 Å². The van der Waals surface area contributed by atoms with Crippen molar-refractivity contribution < 1.29 is 19.1 Å². The van der Waals surface area contributed by atoms with Crippen molar-refractivity contribution in [2.75, 3.05) is 19.7 Å². The number of hydrogen-bond acceptors (Lipinski definition) is 5. The summed E-state index contributed by atoms with van der Waals surface area (Å²) in [6.45, 7) is 6.93. The minimum atomic E-state index is -0.586. The minimum absolute atomic E-state index is 0.167. The van der Waals surface area contributed by atoms with Gasteiger partial charge in [0, 0.05) is 25.1 Å². The Hall–Kier alpha value is -2.41. The number of hydrogen-bond donors (Lipinski definition) is 2. The number of benzene rings is 1. The average Bonchev–Trinajstić information content (AvgIpc) is 2.90. The van der Waals surface area contributed by atoms with Gasteiger partial charge in [0.1, 0.15) is 18.4 Å². The van der Waals surface area contributed by atoms with Gasteiger partial charge in [0.2, 0.25) is 11.8 Å². The summed E-state index contributed by atoms with van der Waals surface area (Å²) >= 11 is 0. The third-order valence-electron chi connectivity index (χ3n) is 4.60. The molecule has 0 saturated carbocycles. The van der Waals surface area contributed by atoms with Crippen molar-refractivity contribution in [1.29, 1.82) is 0 Å². The van der Waals surface area contributed by atoms with Crippen LogP contribution in [0.2, 0.25) is 0 Å². The predicted octanol–water partition coefficient (Wildman–Crippen LogP) is 1.07. The van der Waals surface area contributed by atoms with Crippen LogP contribution in [0.3, 0.4) is 0 Å². The van der Waals surface area contributed by atoms with Crippen molar-refractivity contribution in [2.24, 2.45) is 5.92 Å². The Morgan fingerprint density at radius 3 is 2.85 bits per heavy atom. The molecule has 2 N–H and O–H groups in total. The quantitative estimate of drug-likeness (QED) is 0.562. The summed E-state index contributed by atoms with van der Waals surface area (Å²) < 4.78 is 5.75. The van der Waals surface area contributed by atoms with Gasteiger partial charge >= 0.3 is 0 Å². The molecule has 1 aromatic carbocycles. The largest absolute Gasteiger partial charge is 0.492 e. The van der Waals surface area contributed by atoms with Crippen molar-refractivity contribution in [3.05, 3.63) is 29.3 Å². The van der Waals surface area contributed by atoms with E-state index in [0.29, 0.717) is 36.8 Å². The van der Waals surface area contributed by atoms with Gasteiger partial charge in [-0.2, -0.15) is 0 Å². The van der Waals surface area contributed by atoms with E-state index in [9.17, 15) is 14.4 Å². The molecule has 1 saturated heterocycles. The van der Waals surface area contributed by atoms with Crippen LogP contribution in [-0.4, -0.2) is 48.4 Å². The Labute approximate surface area is 153 Å². The zero-order chi connectivity index (χ0) is 18.7. The van der Waals surface area contributed by atoms with Crippen LogP contribution in [0.4, 0.5) is 0 Å². The number of amides is 3. The summed E-state index contributed by atoms with van der Waals surface area (Å²) in [5, 5.41) is 5.62. The predicted molar refractivity (Wildman–Crippen MR) is 95.7 cm³/mol. The second-order valence-electron chi connectivity index (χ2n) is 7.17. The molecule has 2 aliphatic heterocycles. The summed E-state index contributed by atoms with van der Waals surface area (Å²) in [7, 11) is 0. The van der Waals surface area contributed by atoms with Crippen LogP contribution in [0.25, 0.3) is 0 Å². The van der Waals surface area contributed by atoms with Gasteiger partial charge in [0.05, 0.1) is 0 Å². The second-order valence-corrected chi connectivity index (χ2v) is 7.17. The van der Waals surface area contributed by atoms with Gasteiger partial charge in [-0.05, 0) is 42.6 Å². The molecule has 2 aliphatic rings. The molecule has 2 heterocycles. The molecule has 3 amide bonds. The highest BCUT2D eigenvalue weighted by atomic mass is 16.5. The minimum Gasteiger partial charge on any atom is -0.492 e. The highest BCUT2D eigenvalue weighted by Gasteiger charge is 2.39. The van der Waals surface area contributed by atoms with E-state index >= 15 is 0 Å². The van der Waals surface area contributed by atoms with E-state index in [1.165, 1.54) is 0 Å². The van der Waals surface area contributed by atoms with Crippen LogP contribution in [0.15, 0.2) is 18.2 Å². The smallest absolute Gasteiger partial charge is 0.255 e. The molecule has 0 spiro atoms. The fourth-order valence-electron chi connectivity index (χ4n) is 3.27. The maximum Gasteiger partial charge on any atom is 0.255 e. The monoisotopic (exact) mass is 359 g/mol. The molecule has 0 aromatic heterocycles. The molecule has 1 fully saturated rings. The first kappa shape index (κ1) is 18.4. The van der Waals surface area contributed by atoms with Crippen LogP contribution in [0, 0.1) is 5.92 Å². The molecule has 1 unspecified atom stereocenters. The normalized spacial score (nSPS) is 19.7. The lowest BCUT2D eigenvalue weighted by Gasteiger charge is -2.29. The van der Waals surface area contributed by atoms with Crippen molar-refractivity contribution in [1.82, 2.24) is 15.5 Å². The molecule has 0 bridgehead atoms. The van der Waals surface area contributed by atoms with Crippen LogP contribution in [0.5, 0.6) is 5.75 Å². The second kappa shape index (κ2) is 7.86. The summed E-state index contributed by atoms with van der Waals surface area (Å²) in [5.41, 5.74) is 1.45. The summed E-state index contributed by atoms with van der Waals surface area (Å²) in [4.78, 5) is 37.5. The first-order chi connectivity index (χ1) is 12.5. The van der Waals surface area contributed by atoms with Gasteiger partial charge in [-0.15, -0.1) is 0 Å². The van der Waals surface area contributed by atoms with Crippen molar-refractivity contribution in [3.63, 3.8) is 0 Å². The van der Waals surface area contributed by atoms with Crippen molar-refractivity contribution >= 4 is 17.7 Å². The van der Waals surface area contributed by atoms with E-state index in [4.69, 9.17) is 4.74 Å². The zero-order valence-corrected chi connectivity index (χ0v) is 15.2. The Morgan fingerprint density at radius 1 is 1.31 bits per heavy atom. The average molecular weight is 359 g/mol. The molecule has 1 aromatic rings. The molecule has 26 heavy (non-hydrogen) atoms. The Morgan fingerprint density at radius 2 is 2.12 bits per heavy atom. The maximum absolute atomic E-state index is 12.6. The number of rotatable bonds is 7. The number of nitrogens with zero attached hydrogens (tertiary/aromatic N) is 1. The first-order valence-corrected chi connectivity index (χ1v) is 9.07. The van der Waals surface area contributed by atoms with E-state index < -0.39 is 11.9 Å². The summed E-state index contributed by atoms with van der Waals surface area (Å²) in [6, 6.07) is 4.81. The van der Waals surface area contributed by atoms with Crippen LogP contribution >= 0.6 is 0 Å². The van der Waals surface area contributed by atoms with Crippen LogP contribution in [-0.2, 0) is 16.1 Å². The van der Waals surface area contributed by atoms with Crippen LogP contribution < -0.4 is 15.4 Å². The number of imide groups is 1. The Bertz CT molecular complexity index is 717. The standard InChI is InChI=1S/C19H25N3O4/c1-12(2)10-20-7-8-26-14-3-4-15-13(9-14)11-22(19(15)25)16-5-6-17(23)21-18(16)24/h3-4,9,12,16,20H,5-8,10-11H2,1-2H3,(H,21,23,24). The Balaban J connectivity index is 1.59. The van der Waals surface area contributed by atoms with Gasteiger partial charge in [-0.1, -0.05) is 13.8 Å². The van der Waals surface area contributed by atoms with E-state index in [-0.39, 0.29) is 18.2 Å². The third kappa shape index (κ3) is 4.04. The summed E-state index contributed by atoms with van der Waals surface area (Å²) in [5.74, 6) is 0.471. The lowest BCUT2D eigenvalue weighted by molar-refractivity contribution is -0.136. The highest BCUT2D eigenvalue weighted by Crippen LogP contribution is 2.30. The number of piperidine rings is 1. The van der Waals surface area contributed by atoms with Gasteiger partial charge in [0.15, 0.2) is 0 Å². The van der Waals surface area contributed by atoms with Gasteiger partial charge in [-0.25, -0.2) is 0 Å². The number of carbonyl (C=O) groups excluding carboxylic acids is 3. The maximum atomic E-state index is 12.6. The number of nitrogens with one attached hydrogen (secondary N) is 2. The molecular weight excluding hydrogens is 334 g/mol. The number of ether oxygens (including phenoxy) is 1. The van der Waals surface area contributed by atoms with Gasteiger partial charge in [0.25, 0.3) is 5.91 Å². The van der Waals surface area contributed by atoms with Crippen molar-refractivity contribution in [2.45, 2.75) is 39.3 Å². The lowest BCUT2D eigenvalue weighted by Crippen LogP contribution is -2.52. The molecule has 140 valence electrons. The number of fused-ring (bicyclic) bond motifs is 1. The van der Waals surface area contributed by atoms with E-state index in [2.05, 4.69) is 24.5 Å². The van der Waals surface area contributed by atoms with E-state index in [1.54, 1.807) is 17.0 Å². The topological polar surface area (TPSA) is 87.7 Å². The fraction of sp³-hybridized carbons (Fsp3) is 0.526. The first-order valence-electron chi connectivity index (χ1n) is 9.07. The third-order valence-corrected chi connectivity index (χ3v) is 4.60. The molecule has 7 nitrogen and oxygen atoms in total. The van der Waals surface area contributed by atoms with E-state index in [0.717, 1.165) is 18.7 Å². The fourth-order valence-corrected chi connectivity index (χ4v) is 3.27. The number of carbonyl (C=O) groups is 3. The molecule has 0 aliphatic carbocycles. The highest BCUT2D eigenvalue weighted by molar-refractivity contribution is 6.05. The molecule has 3 rings (SSSR count). The van der Waals surface area contributed by atoms with Crippen LogP contribution in [0.1, 0.15) is 42.6 Å². The van der Waals surface area contributed by atoms with Crippen molar-refractivity contribution in [3.8, 4) is 5.75 Å².